The molecule has 0 unspecified atom stereocenters. The second-order valence-corrected chi connectivity index (χ2v) is 6.12. The van der Waals surface area contributed by atoms with Gasteiger partial charge in [0.2, 0.25) is 0 Å². The number of thioether (sulfide) groups is 1. The van der Waals surface area contributed by atoms with Gasteiger partial charge in [-0.05, 0) is 31.0 Å². The summed E-state index contributed by atoms with van der Waals surface area (Å²) in [5.41, 5.74) is 2.41. The van der Waals surface area contributed by atoms with Gasteiger partial charge in [-0.15, -0.1) is 0 Å². The van der Waals surface area contributed by atoms with Crippen molar-refractivity contribution in [2.45, 2.75) is 31.2 Å². The summed E-state index contributed by atoms with van der Waals surface area (Å²) in [5, 5.41) is 1.84. The van der Waals surface area contributed by atoms with Crippen LogP contribution in [0.2, 0.25) is 10.0 Å². The number of aromatic nitrogens is 2. The number of aryl methyl sites for hydroxylation is 1. The van der Waals surface area contributed by atoms with E-state index in [1.165, 1.54) is 11.8 Å². The Hall–Kier alpha value is -0.970. The molecule has 6 heteroatoms. The predicted octanol–water partition coefficient (Wildman–Crippen LogP) is 4.24. The lowest BCUT2D eigenvalue weighted by Gasteiger charge is -2.06. The molecule has 3 nitrogen and oxygen atoms in total. The number of hydrogen-bond donors (Lipinski definition) is 1. The number of aromatic amines is 1. The first-order valence-corrected chi connectivity index (χ1v) is 7.92. The zero-order chi connectivity index (χ0) is 14.7. The minimum atomic E-state index is -0.0651. The van der Waals surface area contributed by atoms with Crippen molar-refractivity contribution in [3.8, 4) is 0 Å². The molecule has 20 heavy (non-hydrogen) atoms. The van der Waals surface area contributed by atoms with Crippen LogP contribution in [0.15, 0.2) is 28.2 Å². The van der Waals surface area contributed by atoms with Gasteiger partial charge in [0.15, 0.2) is 5.16 Å². The average molecular weight is 329 g/mol. The summed E-state index contributed by atoms with van der Waals surface area (Å²) in [7, 11) is 0. The van der Waals surface area contributed by atoms with Crippen LogP contribution >= 0.6 is 35.0 Å². The highest BCUT2D eigenvalue weighted by molar-refractivity contribution is 7.98. The summed E-state index contributed by atoms with van der Waals surface area (Å²) in [6.07, 6.45) is 0.683. The Morgan fingerprint density at radius 3 is 2.70 bits per heavy atom. The number of nitrogens with one attached hydrogen (secondary N) is 1. The number of hydrogen-bond acceptors (Lipinski definition) is 3. The minimum absolute atomic E-state index is 0.0651. The zero-order valence-corrected chi connectivity index (χ0v) is 13.5. The van der Waals surface area contributed by atoms with E-state index in [0.29, 0.717) is 27.4 Å². The lowest BCUT2D eigenvalue weighted by Crippen LogP contribution is -2.16. The van der Waals surface area contributed by atoms with Crippen molar-refractivity contribution >= 4 is 35.0 Å². The molecule has 0 amide bonds. The largest absolute Gasteiger partial charge is 0.301 e. The summed E-state index contributed by atoms with van der Waals surface area (Å²) >= 11 is 13.4. The van der Waals surface area contributed by atoms with E-state index >= 15 is 0 Å². The first-order valence-electron chi connectivity index (χ1n) is 6.17. The quantitative estimate of drug-likeness (QED) is 0.674. The lowest BCUT2D eigenvalue weighted by molar-refractivity contribution is 0.858. The lowest BCUT2D eigenvalue weighted by atomic mass is 10.2. The van der Waals surface area contributed by atoms with Crippen molar-refractivity contribution in [2.24, 2.45) is 0 Å². The Labute approximate surface area is 131 Å². The van der Waals surface area contributed by atoms with E-state index in [4.69, 9.17) is 23.2 Å². The molecule has 1 N–H and O–H groups in total. The van der Waals surface area contributed by atoms with Crippen LogP contribution in [0.1, 0.15) is 23.7 Å². The van der Waals surface area contributed by atoms with Crippen LogP contribution in [0.4, 0.5) is 0 Å². The van der Waals surface area contributed by atoms with Crippen molar-refractivity contribution < 1.29 is 0 Å². The molecule has 2 aromatic rings. The van der Waals surface area contributed by atoms with E-state index in [1.54, 1.807) is 12.1 Å². The van der Waals surface area contributed by atoms with Crippen molar-refractivity contribution in [2.75, 3.05) is 0 Å². The van der Waals surface area contributed by atoms with Crippen LogP contribution in [0.25, 0.3) is 0 Å². The molecule has 0 saturated carbocycles. The van der Waals surface area contributed by atoms with Crippen LogP contribution in [-0.4, -0.2) is 9.97 Å². The van der Waals surface area contributed by atoms with E-state index in [0.717, 1.165) is 16.8 Å². The van der Waals surface area contributed by atoms with Gasteiger partial charge in [0.25, 0.3) is 5.56 Å². The maximum Gasteiger partial charge on any atom is 0.254 e. The molecule has 0 aliphatic carbocycles. The van der Waals surface area contributed by atoms with E-state index in [2.05, 4.69) is 9.97 Å². The van der Waals surface area contributed by atoms with Gasteiger partial charge in [-0.25, -0.2) is 4.98 Å². The summed E-state index contributed by atoms with van der Waals surface area (Å²) in [5.74, 6) is 0.629. The Kier molecular flexibility index (Phi) is 5.13. The molecule has 2 rings (SSSR count). The van der Waals surface area contributed by atoms with Gasteiger partial charge < -0.3 is 4.98 Å². The smallest absolute Gasteiger partial charge is 0.254 e. The highest BCUT2D eigenvalue weighted by Gasteiger charge is 2.08. The fourth-order valence-corrected chi connectivity index (χ4v) is 3.32. The number of rotatable bonds is 4. The topological polar surface area (TPSA) is 45.8 Å². The molecular weight excluding hydrogens is 315 g/mol. The fraction of sp³-hybridized carbons (Fsp3) is 0.286. The van der Waals surface area contributed by atoms with Gasteiger partial charge >= 0.3 is 0 Å². The van der Waals surface area contributed by atoms with Gasteiger partial charge in [-0.1, -0.05) is 48.0 Å². The van der Waals surface area contributed by atoms with Crippen molar-refractivity contribution in [3.63, 3.8) is 0 Å². The summed E-state index contributed by atoms with van der Waals surface area (Å²) in [4.78, 5) is 19.1. The molecule has 1 heterocycles. The monoisotopic (exact) mass is 328 g/mol. The second-order valence-electron chi connectivity index (χ2n) is 4.31. The third-order valence-electron chi connectivity index (χ3n) is 2.93. The molecule has 0 atom stereocenters. The molecule has 1 aromatic carbocycles. The number of nitrogens with zero attached hydrogens (tertiary/aromatic N) is 1. The highest BCUT2D eigenvalue weighted by Crippen LogP contribution is 2.26. The van der Waals surface area contributed by atoms with Crippen molar-refractivity contribution in [1.29, 1.82) is 0 Å². The van der Waals surface area contributed by atoms with E-state index in [9.17, 15) is 4.79 Å². The third kappa shape index (κ3) is 3.57. The summed E-state index contributed by atoms with van der Waals surface area (Å²) in [6.45, 7) is 3.80. The summed E-state index contributed by atoms with van der Waals surface area (Å²) < 4.78 is 0. The van der Waals surface area contributed by atoms with Crippen LogP contribution in [-0.2, 0) is 12.2 Å². The van der Waals surface area contributed by atoms with Crippen LogP contribution in [0.3, 0.4) is 0 Å². The maximum atomic E-state index is 11.9. The van der Waals surface area contributed by atoms with Crippen LogP contribution < -0.4 is 5.56 Å². The second kappa shape index (κ2) is 6.66. The van der Waals surface area contributed by atoms with Crippen molar-refractivity contribution in [3.05, 3.63) is 55.4 Å². The molecule has 106 valence electrons. The van der Waals surface area contributed by atoms with E-state index < -0.39 is 0 Å². The normalized spacial score (nSPS) is 10.8. The molecule has 0 bridgehead atoms. The molecule has 0 radical (unpaired) electrons. The average Bonchev–Trinajstić information content (AvgIpc) is 2.37. The number of benzene rings is 1. The van der Waals surface area contributed by atoms with Gasteiger partial charge in [-0.2, -0.15) is 0 Å². The van der Waals surface area contributed by atoms with Crippen molar-refractivity contribution in [1.82, 2.24) is 9.97 Å². The highest BCUT2D eigenvalue weighted by atomic mass is 35.5. The molecule has 1 aromatic heterocycles. The molecule has 0 spiro atoms. The Bertz CT molecular complexity index is 685. The van der Waals surface area contributed by atoms with Gasteiger partial charge in [-0.3, -0.25) is 4.79 Å². The van der Waals surface area contributed by atoms with Gasteiger partial charge in [0, 0.05) is 27.1 Å². The minimum Gasteiger partial charge on any atom is -0.301 e. The van der Waals surface area contributed by atoms with Gasteiger partial charge in [0.05, 0.1) is 0 Å². The molecule has 0 saturated heterocycles. The number of H-pyrrole nitrogens is 1. The standard InChI is InChI=1S/C14H14Cl2N2OS/c1-3-11-8(2)17-14(18-13(11)19)20-7-9-4-5-10(15)6-12(9)16/h4-6H,3,7H2,1-2H3,(H,17,18,19). The first-order chi connectivity index (χ1) is 9.51. The number of halogens is 2. The Morgan fingerprint density at radius 1 is 1.35 bits per heavy atom. The molecular formula is C14H14Cl2N2OS. The van der Waals surface area contributed by atoms with Crippen LogP contribution in [0, 0.1) is 6.92 Å². The van der Waals surface area contributed by atoms with Gasteiger partial charge in [0.1, 0.15) is 0 Å². The Balaban J connectivity index is 2.17. The third-order valence-corrected chi connectivity index (χ3v) is 4.44. The Morgan fingerprint density at radius 2 is 2.10 bits per heavy atom. The van der Waals surface area contributed by atoms with E-state index in [1.807, 2.05) is 19.9 Å². The zero-order valence-electron chi connectivity index (χ0n) is 11.2. The van der Waals surface area contributed by atoms with Crippen LogP contribution in [0.5, 0.6) is 0 Å². The SMILES string of the molecule is CCc1c(C)nc(SCc2ccc(Cl)cc2Cl)[nH]c1=O. The molecule has 0 aliphatic rings. The maximum absolute atomic E-state index is 11.9. The summed E-state index contributed by atoms with van der Waals surface area (Å²) in [6, 6.07) is 5.38. The first kappa shape index (κ1) is 15.4. The molecule has 0 fully saturated rings. The molecule has 0 aliphatic heterocycles. The fourth-order valence-electron chi connectivity index (χ4n) is 1.85. The van der Waals surface area contributed by atoms with E-state index in [-0.39, 0.29) is 5.56 Å². The predicted molar refractivity (Wildman–Crippen MR) is 85.0 cm³/mol.